The van der Waals surface area contributed by atoms with Gasteiger partial charge in [-0.05, 0) is 35.8 Å². The molecule has 0 saturated carbocycles. The summed E-state index contributed by atoms with van der Waals surface area (Å²) in [5, 5.41) is 1.02. The smallest absolute Gasteiger partial charge is 0.220 e. The van der Waals surface area contributed by atoms with Crippen LogP contribution in [-0.4, -0.2) is 39.8 Å². The average molecular weight is 406 g/mol. The predicted octanol–water partition coefficient (Wildman–Crippen LogP) is 3.44. The zero-order chi connectivity index (χ0) is 18.0. The molecule has 0 unspecified atom stereocenters. The molecule has 0 spiro atoms. The molecule has 25 heavy (non-hydrogen) atoms. The van der Waals surface area contributed by atoms with Crippen molar-refractivity contribution in [2.45, 2.75) is 19.9 Å². The van der Waals surface area contributed by atoms with E-state index in [2.05, 4.69) is 55.5 Å². The molecule has 7 nitrogen and oxygen atoms in total. The van der Waals surface area contributed by atoms with Crippen LogP contribution in [0, 0.1) is 0 Å². The normalized spacial score (nSPS) is 11.4. The molecule has 2 N–H and O–H groups in total. The van der Waals surface area contributed by atoms with E-state index in [1.165, 1.54) is 0 Å². The largest absolute Gasteiger partial charge is 0.487 e. The maximum absolute atomic E-state index is 5.83. The van der Waals surface area contributed by atoms with E-state index in [-0.39, 0.29) is 12.0 Å². The van der Waals surface area contributed by atoms with Crippen molar-refractivity contribution in [3.8, 4) is 17.0 Å². The number of hydrogen-bond donors (Lipinski definition) is 1. The van der Waals surface area contributed by atoms with Gasteiger partial charge in [0.05, 0.1) is 24.5 Å². The van der Waals surface area contributed by atoms with Crippen molar-refractivity contribution >= 4 is 32.8 Å². The summed E-state index contributed by atoms with van der Waals surface area (Å²) in [6.45, 7) is 5.13. The van der Waals surface area contributed by atoms with Crippen LogP contribution in [0.2, 0.25) is 0 Å². The second-order valence-electron chi connectivity index (χ2n) is 5.85. The first-order chi connectivity index (χ1) is 12.0. The number of halogens is 1. The van der Waals surface area contributed by atoms with E-state index in [0.29, 0.717) is 24.7 Å². The van der Waals surface area contributed by atoms with Gasteiger partial charge in [-0.3, -0.25) is 0 Å². The molecule has 0 fully saturated rings. The monoisotopic (exact) mass is 405 g/mol. The third kappa shape index (κ3) is 3.59. The van der Waals surface area contributed by atoms with Crippen molar-refractivity contribution in [3.05, 3.63) is 29.3 Å². The highest BCUT2D eigenvalue weighted by Gasteiger charge is 2.18. The van der Waals surface area contributed by atoms with Gasteiger partial charge in [-0.1, -0.05) is 0 Å². The van der Waals surface area contributed by atoms with Gasteiger partial charge in [-0.2, -0.15) is 0 Å². The van der Waals surface area contributed by atoms with E-state index >= 15 is 0 Å². The van der Waals surface area contributed by atoms with E-state index in [9.17, 15) is 0 Å². The van der Waals surface area contributed by atoms with Crippen LogP contribution in [0.25, 0.3) is 22.2 Å². The van der Waals surface area contributed by atoms with Crippen molar-refractivity contribution in [2.75, 3.05) is 26.1 Å². The Morgan fingerprint density at radius 1 is 1.24 bits per heavy atom. The molecule has 0 radical (unpaired) electrons. The number of rotatable bonds is 6. The van der Waals surface area contributed by atoms with Crippen LogP contribution in [0.4, 0.5) is 5.95 Å². The SMILES string of the molecule is COCCOc1cnc(N)nc1-c1cn(C(C)C)c2cnc(Br)cc12. The first-order valence-corrected chi connectivity index (χ1v) is 8.71. The summed E-state index contributed by atoms with van der Waals surface area (Å²) >= 11 is 3.44. The Labute approximate surface area is 154 Å². The molecule has 0 aromatic carbocycles. The third-order valence-electron chi connectivity index (χ3n) is 3.82. The lowest BCUT2D eigenvalue weighted by molar-refractivity contribution is 0.146. The summed E-state index contributed by atoms with van der Waals surface area (Å²) in [5.74, 6) is 0.773. The number of nitrogen functional groups attached to an aromatic ring is 1. The van der Waals surface area contributed by atoms with Crippen LogP contribution in [-0.2, 0) is 4.74 Å². The Kier molecular flexibility index (Phi) is 5.19. The van der Waals surface area contributed by atoms with Gasteiger partial charge >= 0.3 is 0 Å². The van der Waals surface area contributed by atoms with Crippen LogP contribution < -0.4 is 10.5 Å². The lowest BCUT2D eigenvalue weighted by Crippen LogP contribution is -2.07. The molecule has 0 aliphatic heterocycles. The molecule has 0 saturated heterocycles. The number of anilines is 1. The summed E-state index contributed by atoms with van der Waals surface area (Å²) in [4.78, 5) is 12.8. The second-order valence-corrected chi connectivity index (χ2v) is 6.66. The van der Waals surface area contributed by atoms with Gasteiger partial charge in [-0.15, -0.1) is 0 Å². The molecule has 132 valence electrons. The first kappa shape index (κ1) is 17.6. The lowest BCUT2D eigenvalue weighted by atomic mass is 10.1. The first-order valence-electron chi connectivity index (χ1n) is 7.92. The van der Waals surface area contributed by atoms with Crippen LogP contribution in [0.5, 0.6) is 5.75 Å². The fraction of sp³-hybridized carbons (Fsp3) is 0.353. The predicted molar refractivity (Wildman–Crippen MR) is 101 cm³/mol. The van der Waals surface area contributed by atoms with E-state index in [4.69, 9.17) is 15.2 Å². The summed E-state index contributed by atoms with van der Waals surface area (Å²) in [6.07, 6.45) is 5.50. The van der Waals surface area contributed by atoms with Gasteiger partial charge in [-0.25, -0.2) is 15.0 Å². The number of fused-ring (bicyclic) bond motifs is 1. The maximum atomic E-state index is 5.83. The summed E-state index contributed by atoms with van der Waals surface area (Å²) in [5.41, 5.74) is 8.43. The minimum Gasteiger partial charge on any atom is -0.487 e. The van der Waals surface area contributed by atoms with Crippen LogP contribution >= 0.6 is 15.9 Å². The topological polar surface area (TPSA) is 88.1 Å². The molecular formula is C17H20BrN5O2. The van der Waals surface area contributed by atoms with Crippen LogP contribution in [0.1, 0.15) is 19.9 Å². The lowest BCUT2D eigenvalue weighted by Gasteiger charge is -2.10. The second kappa shape index (κ2) is 7.37. The molecule has 3 heterocycles. The Bertz CT molecular complexity index is 894. The summed E-state index contributed by atoms with van der Waals surface area (Å²) in [7, 11) is 1.63. The van der Waals surface area contributed by atoms with Crippen molar-refractivity contribution in [1.82, 2.24) is 19.5 Å². The number of hydrogen-bond acceptors (Lipinski definition) is 6. The Balaban J connectivity index is 2.18. The fourth-order valence-corrected chi connectivity index (χ4v) is 2.99. The maximum Gasteiger partial charge on any atom is 0.220 e. The standard InChI is InChI=1S/C17H20BrN5O2/c1-10(2)23-9-12(11-6-15(18)20-7-13(11)23)16-14(25-5-4-24-3)8-21-17(19)22-16/h6-10H,4-5H2,1-3H3,(H2,19,21,22). The van der Waals surface area contributed by atoms with Gasteiger partial charge in [0.15, 0.2) is 5.75 Å². The number of pyridine rings is 1. The van der Waals surface area contributed by atoms with Crippen molar-refractivity contribution in [3.63, 3.8) is 0 Å². The molecule has 3 aromatic rings. The van der Waals surface area contributed by atoms with Crippen molar-refractivity contribution < 1.29 is 9.47 Å². The Hall–Kier alpha value is -2.19. The van der Waals surface area contributed by atoms with Crippen molar-refractivity contribution in [2.24, 2.45) is 0 Å². The number of nitrogens with two attached hydrogens (primary N) is 1. The molecule has 3 rings (SSSR count). The van der Waals surface area contributed by atoms with Gasteiger partial charge in [0.1, 0.15) is 16.9 Å². The van der Waals surface area contributed by atoms with E-state index in [0.717, 1.165) is 21.1 Å². The third-order valence-corrected chi connectivity index (χ3v) is 4.25. The summed E-state index contributed by atoms with van der Waals surface area (Å²) < 4.78 is 13.7. The molecule has 0 aliphatic carbocycles. The number of nitrogens with zero attached hydrogens (tertiary/aromatic N) is 4. The Morgan fingerprint density at radius 2 is 2.04 bits per heavy atom. The number of methoxy groups -OCH3 is 1. The van der Waals surface area contributed by atoms with E-state index < -0.39 is 0 Å². The van der Waals surface area contributed by atoms with Crippen molar-refractivity contribution in [1.29, 1.82) is 0 Å². The minimum atomic E-state index is 0.202. The zero-order valence-electron chi connectivity index (χ0n) is 14.4. The number of ether oxygens (including phenoxy) is 2. The van der Waals surface area contributed by atoms with Gasteiger partial charge < -0.3 is 19.8 Å². The molecule has 0 atom stereocenters. The number of aromatic nitrogens is 4. The Morgan fingerprint density at radius 3 is 2.76 bits per heavy atom. The fourth-order valence-electron chi connectivity index (χ4n) is 2.66. The molecule has 0 bridgehead atoms. The molecule has 3 aromatic heterocycles. The molecule has 0 aliphatic rings. The zero-order valence-corrected chi connectivity index (χ0v) is 15.9. The highest BCUT2D eigenvalue weighted by molar-refractivity contribution is 9.10. The minimum absolute atomic E-state index is 0.202. The highest BCUT2D eigenvalue weighted by Crippen LogP contribution is 2.37. The molecule has 0 amide bonds. The van der Waals surface area contributed by atoms with E-state index in [1.54, 1.807) is 13.3 Å². The van der Waals surface area contributed by atoms with Crippen LogP contribution in [0.3, 0.4) is 0 Å². The molecule has 8 heteroatoms. The van der Waals surface area contributed by atoms with Gasteiger partial charge in [0.25, 0.3) is 0 Å². The quantitative estimate of drug-likeness (QED) is 0.499. The van der Waals surface area contributed by atoms with Crippen LogP contribution in [0.15, 0.2) is 29.3 Å². The molecular weight excluding hydrogens is 386 g/mol. The average Bonchev–Trinajstić information content (AvgIpc) is 2.95. The highest BCUT2D eigenvalue weighted by atomic mass is 79.9. The van der Waals surface area contributed by atoms with E-state index in [1.807, 2.05) is 12.3 Å². The van der Waals surface area contributed by atoms with Gasteiger partial charge in [0.2, 0.25) is 5.95 Å². The van der Waals surface area contributed by atoms with Gasteiger partial charge in [0, 0.05) is 30.3 Å². The summed E-state index contributed by atoms with van der Waals surface area (Å²) in [6, 6.07) is 2.25.